The van der Waals surface area contributed by atoms with Gasteiger partial charge in [0.15, 0.2) is 0 Å². The lowest BCUT2D eigenvalue weighted by molar-refractivity contribution is -0.139. The van der Waals surface area contributed by atoms with Crippen LogP contribution in [0.5, 0.6) is 0 Å². The predicted octanol–water partition coefficient (Wildman–Crippen LogP) is 2.56. The SMILES string of the molecule is C=CC1CCN(C(=O)C2CC3CCCC(C2)C3N)CC1. The molecule has 0 spiro atoms. The number of nitrogens with two attached hydrogens (primary N) is 1. The smallest absolute Gasteiger partial charge is 0.225 e. The van der Waals surface area contributed by atoms with E-state index in [1.165, 1.54) is 19.3 Å². The molecule has 2 N–H and O–H groups in total. The molecule has 3 heteroatoms. The van der Waals surface area contributed by atoms with E-state index in [-0.39, 0.29) is 5.92 Å². The third-order valence-electron chi connectivity index (χ3n) is 5.95. The minimum absolute atomic E-state index is 0.255. The van der Waals surface area contributed by atoms with Crippen molar-refractivity contribution < 1.29 is 4.79 Å². The summed E-state index contributed by atoms with van der Waals surface area (Å²) in [5.74, 6) is 2.48. The Morgan fingerprint density at radius 3 is 2.25 bits per heavy atom. The van der Waals surface area contributed by atoms with E-state index in [1.54, 1.807) is 0 Å². The number of hydrogen-bond acceptors (Lipinski definition) is 2. The fourth-order valence-electron chi connectivity index (χ4n) is 4.60. The Morgan fingerprint density at radius 1 is 1.10 bits per heavy atom. The van der Waals surface area contributed by atoms with Crippen molar-refractivity contribution in [3.05, 3.63) is 12.7 Å². The molecule has 1 heterocycles. The average Bonchev–Trinajstić information content (AvgIpc) is 2.46. The Kier molecular flexibility index (Phi) is 4.16. The van der Waals surface area contributed by atoms with Gasteiger partial charge in [0.05, 0.1) is 0 Å². The monoisotopic (exact) mass is 276 g/mol. The van der Waals surface area contributed by atoms with Crippen LogP contribution in [0.15, 0.2) is 12.7 Å². The van der Waals surface area contributed by atoms with Gasteiger partial charge in [0.2, 0.25) is 5.91 Å². The van der Waals surface area contributed by atoms with Gasteiger partial charge < -0.3 is 10.6 Å². The number of carbonyl (C=O) groups excluding carboxylic acids is 1. The second-order valence-corrected chi connectivity index (χ2v) is 7.10. The molecular weight excluding hydrogens is 248 g/mol. The molecule has 3 aliphatic rings. The third kappa shape index (κ3) is 2.65. The Balaban J connectivity index is 1.59. The van der Waals surface area contributed by atoms with E-state index in [0.29, 0.717) is 29.7 Å². The van der Waals surface area contributed by atoms with Gasteiger partial charge in [-0.3, -0.25) is 4.79 Å². The molecule has 1 saturated heterocycles. The van der Waals surface area contributed by atoms with Crippen molar-refractivity contribution in [2.24, 2.45) is 29.4 Å². The summed E-state index contributed by atoms with van der Waals surface area (Å²) in [6.07, 6.45) is 10.1. The summed E-state index contributed by atoms with van der Waals surface area (Å²) in [6.45, 7) is 5.72. The van der Waals surface area contributed by atoms with Gasteiger partial charge >= 0.3 is 0 Å². The lowest BCUT2D eigenvalue weighted by Gasteiger charge is -2.45. The zero-order valence-electron chi connectivity index (χ0n) is 12.5. The lowest BCUT2D eigenvalue weighted by Crippen LogP contribution is -2.50. The van der Waals surface area contributed by atoms with Gasteiger partial charge in [0, 0.05) is 25.0 Å². The van der Waals surface area contributed by atoms with E-state index in [0.717, 1.165) is 38.8 Å². The molecule has 2 saturated carbocycles. The molecule has 1 aliphatic heterocycles. The largest absolute Gasteiger partial charge is 0.342 e. The van der Waals surface area contributed by atoms with Crippen molar-refractivity contribution in [1.82, 2.24) is 4.90 Å². The van der Waals surface area contributed by atoms with Crippen LogP contribution in [0.4, 0.5) is 0 Å². The molecule has 2 aliphatic carbocycles. The van der Waals surface area contributed by atoms with Crippen LogP contribution < -0.4 is 5.73 Å². The van der Waals surface area contributed by atoms with Gasteiger partial charge in [0.25, 0.3) is 0 Å². The van der Waals surface area contributed by atoms with Crippen LogP contribution >= 0.6 is 0 Å². The number of fused-ring (bicyclic) bond motifs is 2. The van der Waals surface area contributed by atoms with Gasteiger partial charge in [-0.2, -0.15) is 0 Å². The fraction of sp³-hybridized carbons (Fsp3) is 0.824. The number of carbonyl (C=O) groups is 1. The van der Waals surface area contributed by atoms with Crippen molar-refractivity contribution in [3.8, 4) is 0 Å². The maximum Gasteiger partial charge on any atom is 0.225 e. The molecule has 112 valence electrons. The fourth-order valence-corrected chi connectivity index (χ4v) is 4.60. The van der Waals surface area contributed by atoms with Crippen LogP contribution in [0, 0.1) is 23.7 Å². The van der Waals surface area contributed by atoms with E-state index in [1.807, 2.05) is 6.08 Å². The number of nitrogens with zero attached hydrogens (tertiary/aromatic N) is 1. The molecule has 2 atom stereocenters. The van der Waals surface area contributed by atoms with Gasteiger partial charge in [-0.15, -0.1) is 6.58 Å². The highest BCUT2D eigenvalue weighted by Crippen LogP contribution is 2.42. The van der Waals surface area contributed by atoms with Crippen LogP contribution in [-0.4, -0.2) is 29.9 Å². The van der Waals surface area contributed by atoms with E-state index < -0.39 is 0 Å². The summed E-state index contributed by atoms with van der Waals surface area (Å²) in [4.78, 5) is 14.9. The summed E-state index contributed by atoms with van der Waals surface area (Å²) < 4.78 is 0. The molecule has 3 nitrogen and oxygen atoms in total. The normalized spacial score (nSPS) is 38.5. The average molecular weight is 276 g/mol. The second-order valence-electron chi connectivity index (χ2n) is 7.10. The molecule has 3 rings (SSSR count). The van der Waals surface area contributed by atoms with Crippen LogP contribution in [0.25, 0.3) is 0 Å². The molecule has 20 heavy (non-hydrogen) atoms. The van der Waals surface area contributed by atoms with Crippen LogP contribution in [0.3, 0.4) is 0 Å². The van der Waals surface area contributed by atoms with Crippen molar-refractivity contribution in [2.45, 2.75) is 51.0 Å². The number of hydrogen-bond donors (Lipinski definition) is 1. The molecular formula is C17H28N2O. The summed E-state index contributed by atoms with van der Waals surface area (Å²) >= 11 is 0. The van der Waals surface area contributed by atoms with Crippen molar-refractivity contribution in [1.29, 1.82) is 0 Å². The third-order valence-corrected chi connectivity index (χ3v) is 5.95. The molecule has 0 radical (unpaired) electrons. The molecule has 0 aromatic carbocycles. The first-order valence-electron chi connectivity index (χ1n) is 8.36. The summed E-state index contributed by atoms with van der Waals surface area (Å²) in [7, 11) is 0. The minimum atomic E-state index is 0.255. The van der Waals surface area contributed by atoms with Gasteiger partial charge in [0.1, 0.15) is 0 Å². The van der Waals surface area contributed by atoms with Gasteiger partial charge in [-0.25, -0.2) is 0 Å². The van der Waals surface area contributed by atoms with Crippen molar-refractivity contribution >= 4 is 5.91 Å². The van der Waals surface area contributed by atoms with Crippen molar-refractivity contribution in [2.75, 3.05) is 13.1 Å². The van der Waals surface area contributed by atoms with Crippen molar-refractivity contribution in [3.63, 3.8) is 0 Å². The second kappa shape index (κ2) is 5.88. The molecule has 3 fully saturated rings. The predicted molar refractivity (Wildman–Crippen MR) is 81.0 cm³/mol. The highest BCUT2D eigenvalue weighted by atomic mass is 16.2. The Hall–Kier alpha value is -0.830. The summed E-state index contributed by atoms with van der Waals surface area (Å²) in [6, 6.07) is 0.360. The lowest BCUT2D eigenvalue weighted by atomic mass is 9.65. The van der Waals surface area contributed by atoms with Crippen LogP contribution in [0.2, 0.25) is 0 Å². The number of allylic oxidation sites excluding steroid dienone is 1. The first kappa shape index (κ1) is 14.1. The maximum absolute atomic E-state index is 12.7. The quantitative estimate of drug-likeness (QED) is 0.788. The first-order valence-corrected chi connectivity index (χ1v) is 8.36. The molecule has 2 unspecified atom stereocenters. The first-order chi connectivity index (χ1) is 9.69. The highest BCUT2D eigenvalue weighted by molar-refractivity contribution is 5.79. The van der Waals surface area contributed by atoms with E-state index in [4.69, 9.17) is 5.73 Å². The zero-order chi connectivity index (χ0) is 14.1. The van der Waals surface area contributed by atoms with Crippen LogP contribution in [-0.2, 0) is 4.79 Å². The van der Waals surface area contributed by atoms with E-state index in [9.17, 15) is 4.79 Å². The highest BCUT2D eigenvalue weighted by Gasteiger charge is 2.41. The van der Waals surface area contributed by atoms with Crippen LogP contribution in [0.1, 0.15) is 44.9 Å². The Morgan fingerprint density at radius 2 is 1.70 bits per heavy atom. The number of amides is 1. The van der Waals surface area contributed by atoms with E-state index in [2.05, 4.69) is 11.5 Å². The molecule has 1 amide bonds. The van der Waals surface area contributed by atoms with Gasteiger partial charge in [-0.05, 0) is 56.3 Å². The summed E-state index contributed by atoms with van der Waals surface area (Å²) in [5, 5.41) is 0. The maximum atomic E-state index is 12.7. The zero-order valence-corrected chi connectivity index (χ0v) is 12.5. The number of piperidine rings is 1. The summed E-state index contributed by atoms with van der Waals surface area (Å²) in [5.41, 5.74) is 6.33. The topological polar surface area (TPSA) is 46.3 Å². The molecule has 0 aromatic heterocycles. The van der Waals surface area contributed by atoms with E-state index >= 15 is 0 Å². The Labute approximate surface area is 122 Å². The number of likely N-dealkylation sites (tertiary alicyclic amines) is 1. The number of rotatable bonds is 2. The standard InChI is InChI=1S/C17H28N2O/c1-2-12-6-8-19(9-7-12)17(20)15-10-13-4-3-5-14(11-15)16(13)18/h2,12-16H,1,3-11,18H2. The minimum Gasteiger partial charge on any atom is -0.342 e. The van der Waals surface area contributed by atoms with Gasteiger partial charge in [-0.1, -0.05) is 12.5 Å². The molecule has 2 bridgehead atoms. The molecule has 0 aromatic rings. The Bertz CT molecular complexity index is 359.